The van der Waals surface area contributed by atoms with Crippen LogP contribution in [0.4, 0.5) is 4.39 Å². The van der Waals surface area contributed by atoms with Crippen LogP contribution in [0.5, 0.6) is 0 Å². The van der Waals surface area contributed by atoms with Gasteiger partial charge in [0.15, 0.2) is 5.96 Å². The Labute approximate surface area is 136 Å². The van der Waals surface area contributed by atoms with Crippen molar-refractivity contribution < 1.29 is 9.13 Å². The van der Waals surface area contributed by atoms with Crippen molar-refractivity contribution in [1.29, 1.82) is 5.26 Å². The Morgan fingerprint density at radius 2 is 2.39 bits per heavy atom. The molecule has 124 valence electrons. The van der Waals surface area contributed by atoms with Crippen molar-refractivity contribution in [2.24, 2.45) is 10.9 Å². The minimum Gasteiger partial charge on any atom is -0.384 e. The normalized spacial score (nSPS) is 18.1. The van der Waals surface area contributed by atoms with Crippen molar-refractivity contribution in [1.82, 2.24) is 10.2 Å². The number of aliphatic imine (C=N–C) groups is 1. The van der Waals surface area contributed by atoms with Gasteiger partial charge in [-0.1, -0.05) is 0 Å². The summed E-state index contributed by atoms with van der Waals surface area (Å²) in [6, 6.07) is 6.38. The highest BCUT2D eigenvalue weighted by molar-refractivity contribution is 5.80. The standard InChI is InChI=1S/C17H23FN4O/c1-3-20-17(22-7-6-14(11-22)12-23-2)21-10-15-8-13(9-19)4-5-16(15)18/h4-5,8,14H,3,6-7,10-12H2,1-2H3,(H,20,21). The van der Waals surface area contributed by atoms with E-state index in [1.807, 2.05) is 13.0 Å². The van der Waals surface area contributed by atoms with Gasteiger partial charge in [-0.2, -0.15) is 5.26 Å². The summed E-state index contributed by atoms with van der Waals surface area (Å²) < 4.78 is 19.1. The van der Waals surface area contributed by atoms with Gasteiger partial charge < -0.3 is 15.0 Å². The Bertz CT molecular complexity index is 597. The van der Waals surface area contributed by atoms with E-state index in [0.717, 1.165) is 38.6 Å². The number of benzene rings is 1. The van der Waals surface area contributed by atoms with Crippen molar-refractivity contribution in [2.75, 3.05) is 33.4 Å². The number of methoxy groups -OCH3 is 1. The van der Waals surface area contributed by atoms with Crippen LogP contribution in [-0.2, 0) is 11.3 Å². The predicted molar refractivity (Wildman–Crippen MR) is 87.5 cm³/mol. The first-order valence-electron chi connectivity index (χ1n) is 7.88. The molecule has 1 fully saturated rings. The molecule has 1 unspecified atom stereocenters. The van der Waals surface area contributed by atoms with Crippen LogP contribution in [0.3, 0.4) is 0 Å². The Hall–Kier alpha value is -2.13. The maximum Gasteiger partial charge on any atom is 0.194 e. The van der Waals surface area contributed by atoms with Gasteiger partial charge in [0.2, 0.25) is 0 Å². The van der Waals surface area contributed by atoms with Gasteiger partial charge in [-0.15, -0.1) is 0 Å². The highest BCUT2D eigenvalue weighted by Gasteiger charge is 2.24. The van der Waals surface area contributed by atoms with Crippen LogP contribution < -0.4 is 5.32 Å². The summed E-state index contributed by atoms with van der Waals surface area (Å²) in [6.07, 6.45) is 1.07. The van der Waals surface area contributed by atoms with Crippen LogP contribution in [0.2, 0.25) is 0 Å². The molecule has 1 heterocycles. The predicted octanol–water partition coefficient (Wildman–Crippen LogP) is 2.13. The minimum absolute atomic E-state index is 0.217. The fourth-order valence-electron chi connectivity index (χ4n) is 2.75. The first-order valence-corrected chi connectivity index (χ1v) is 7.88. The third-order valence-electron chi connectivity index (χ3n) is 3.90. The van der Waals surface area contributed by atoms with Gasteiger partial charge in [0, 0.05) is 38.2 Å². The Morgan fingerprint density at radius 1 is 1.57 bits per heavy atom. The maximum absolute atomic E-state index is 13.9. The van der Waals surface area contributed by atoms with Crippen molar-refractivity contribution in [3.05, 3.63) is 35.1 Å². The van der Waals surface area contributed by atoms with Gasteiger partial charge in [-0.05, 0) is 31.5 Å². The fourth-order valence-corrected chi connectivity index (χ4v) is 2.75. The molecule has 1 atom stereocenters. The zero-order valence-electron chi connectivity index (χ0n) is 13.7. The van der Waals surface area contributed by atoms with E-state index in [-0.39, 0.29) is 12.4 Å². The minimum atomic E-state index is -0.331. The van der Waals surface area contributed by atoms with Crippen molar-refractivity contribution >= 4 is 5.96 Å². The molecule has 1 aliphatic rings. The van der Waals surface area contributed by atoms with Crippen LogP contribution in [0.1, 0.15) is 24.5 Å². The van der Waals surface area contributed by atoms with E-state index in [0.29, 0.717) is 17.0 Å². The second-order valence-corrected chi connectivity index (χ2v) is 5.64. The molecule has 0 bridgehead atoms. The number of rotatable bonds is 5. The van der Waals surface area contributed by atoms with E-state index in [4.69, 9.17) is 10.00 Å². The summed E-state index contributed by atoms with van der Waals surface area (Å²) in [5.41, 5.74) is 0.884. The number of ether oxygens (including phenoxy) is 1. The Kier molecular flexibility index (Phi) is 6.36. The average Bonchev–Trinajstić information content (AvgIpc) is 3.01. The van der Waals surface area contributed by atoms with E-state index >= 15 is 0 Å². The first-order chi connectivity index (χ1) is 11.2. The molecule has 0 radical (unpaired) electrons. The molecule has 0 amide bonds. The van der Waals surface area contributed by atoms with Crippen LogP contribution in [0.15, 0.2) is 23.2 Å². The van der Waals surface area contributed by atoms with E-state index in [2.05, 4.69) is 15.2 Å². The van der Waals surface area contributed by atoms with Gasteiger partial charge in [-0.25, -0.2) is 9.38 Å². The fraction of sp³-hybridized carbons (Fsp3) is 0.529. The van der Waals surface area contributed by atoms with E-state index in [9.17, 15) is 4.39 Å². The third kappa shape index (κ3) is 4.67. The summed E-state index contributed by atoms with van der Waals surface area (Å²) in [5.74, 6) is 0.956. The second kappa shape index (κ2) is 8.49. The number of likely N-dealkylation sites (tertiary alicyclic amines) is 1. The monoisotopic (exact) mass is 318 g/mol. The molecule has 23 heavy (non-hydrogen) atoms. The topological polar surface area (TPSA) is 60.7 Å². The van der Waals surface area contributed by atoms with Crippen LogP contribution in [0, 0.1) is 23.1 Å². The van der Waals surface area contributed by atoms with Crippen LogP contribution in [-0.4, -0.2) is 44.2 Å². The maximum atomic E-state index is 13.9. The molecule has 0 aliphatic carbocycles. The van der Waals surface area contributed by atoms with Crippen LogP contribution in [0.25, 0.3) is 0 Å². The number of hydrogen-bond acceptors (Lipinski definition) is 3. The third-order valence-corrected chi connectivity index (χ3v) is 3.90. The summed E-state index contributed by atoms with van der Waals surface area (Å²) in [7, 11) is 1.72. The van der Waals surface area contributed by atoms with Crippen LogP contribution >= 0.6 is 0 Å². The molecule has 1 N–H and O–H groups in total. The molecule has 0 spiro atoms. The Morgan fingerprint density at radius 3 is 3.09 bits per heavy atom. The lowest BCUT2D eigenvalue weighted by Crippen LogP contribution is -2.40. The van der Waals surface area contributed by atoms with E-state index in [1.165, 1.54) is 12.1 Å². The largest absolute Gasteiger partial charge is 0.384 e. The SMILES string of the molecule is CCNC(=NCc1cc(C#N)ccc1F)N1CCC(COC)C1. The van der Waals surface area contributed by atoms with Crippen molar-refractivity contribution in [3.8, 4) is 6.07 Å². The Balaban J connectivity index is 2.09. The number of nitriles is 1. The van der Waals surface area contributed by atoms with Gasteiger partial charge in [0.25, 0.3) is 0 Å². The number of nitrogens with zero attached hydrogens (tertiary/aromatic N) is 3. The summed E-state index contributed by atoms with van der Waals surface area (Å²) in [4.78, 5) is 6.72. The smallest absolute Gasteiger partial charge is 0.194 e. The lowest BCUT2D eigenvalue weighted by Gasteiger charge is -2.21. The molecule has 1 saturated heterocycles. The number of nitrogens with one attached hydrogen (secondary N) is 1. The highest BCUT2D eigenvalue weighted by atomic mass is 19.1. The number of guanidine groups is 1. The zero-order chi connectivity index (χ0) is 16.7. The first kappa shape index (κ1) is 17.2. The lowest BCUT2D eigenvalue weighted by atomic mass is 10.1. The summed E-state index contributed by atoms with van der Waals surface area (Å²) in [5, 5.41) is 12.2. The number of halogens is 1. The quantitative estimate of drug-likeness (QED) is 0.667. The summed E-state index contributed by atoms with van der Waals surface area (Å²) >= 11 is 0. The van der Waals surface area contributed by atoms with Gasteiger partial charge >= 0.3 is 0 Å². The molecule has 1 aromatic carbocycles. The average molecular weight is 318 g/mol. The molecule has 0 aromatic heterocycles. The van der Waals surface area contributed by atoms with Crippen molar-refractivity contribution in [2.45, 2.75) is 19.9 Å². The second-order valence-electron chi connectivity index (χ2n) is 5.64. The molecule has 1 aliphatic heterocycles. The highest BCUT2D eigenvalue weighted by Crippen LogP contribution is 2.17. The van der Waals surface area contributed by atoms with Crippen molar-refractivity contribution in [3.63, 3.8) is 0 Å². The van der Waals surface area contributed by atoms with Gasteiger partial charge in [0.05, 0.1) is 24.8 Å². The van der Waals surface area contributed by atoms with Gasteiger partial charge in [-0.3, -0.25) is 0 Å². The van der Waals surface area contributed by atoms with Gasteiger partial charge in [0.1, 0.15) is 5.82 Å². The lowest BCUT2D eigenvalue weighted by molar-refractivity contribution is 0.157. The van der Waals surface area contributed by atoms with E-state index < -0.39 is 0 Å². The molecule has 2 rings (SSSR count). The summed E-state index contributed by atoms with van der Waals surface area (Å²) in [6.45, 7) is 5.53. The molecule has 6 heteroatoms. The molecule has 5 nitrogen and oxygen atoms in total. The molecule has 1 aromatic rings. The molecular formula is C17H23FN4O. The zero-order valence-corrected chi connectivity index (χ0v) is 13.7. The number of hydrogen-bond donors (Lipinski definition) is 1. The molecular weight excluding hydrogens is 295 g/mol. The van der Waals surface area contributed by atoms with E-state index in [1.54, 1.807) is 13.2 Å². The molecule has 0 saturated carbocycles.